The number of halogens is 1. The van der Waals surface area contributed by atoms with Crippen LogP contribution in [-0.4, -0.2) is 9.67 Å². The highest BCUT2D eigenvalue weighted by Gasteiger charge is 2.18. The maximum Gasteiger partial charge on any atom is 0.271 e. The fourth-order valence-corrected chi connectivity index (χ4v) is 2.09. The summed E-state index contributed by atoms with van der Waals surface area (Å²) in [5.41, 5.74) is 0.353. The summed E-state index contributed by atoms with van der Waals surface area (Å²) < 4.78 is 1.09. The zero-order valence-electron chi connectivity index (χ0n) is 12.0. The van der Waals surface area contributed by atoms with Crippen molar-refractivity contribution >= 4 is 23.0 Å². The lowest BCUT2D eigenvalue weighted by Gasteiger charge is -2.10. The molecule has 6 nitrogen and oxygen atoms in total. The van der Waals surface area contributed by atoms with Gasteiger partial charge in [-0.05, 0) is 38.1 Å². The number of hydrogen-bond donors (Lipinski definition) is 1. The van der Waals surface area contributed by atoms with E-state index in [1.54, 1.807) is 38.1 Å². The molecule has 22 heavy (non-hydrogen) atoms. The van der Waals surface area contributed by atoms with Crippen molar-refractivity contribution in [2.45, 2.75) is 20.4 Å². The number of hydrogen-bond acceptors (Lipinski definition) is 5. The van der Waals surface area contributed by atoms with E-state index in [0.29, 0.717) is 16.3 Å². The summed E-state index contributed by atoms with van der Waals surface area (Å²) in [5, 5.41) is 27.8. The Hall–Kier alpha value is -2.65. The Kier molecular flexibility index (Phi) is 4.59. The van der Waals surface area contributed by atoms with Gasteiger partial charge in [0.05, 0.1) is 5.69 Å². The molecule has 112 valence electrons. The first kappa shape index (κ1) is 15.7. The average Bonchev–Trinajstić information content (AvgIpc) is 2.50. The van der Waals surface area contributed by atoms with E-state index >= 15 is 0 Å². The quantitative estimate of drug-likeness (QED) is 0.872. The van der Waals surface area contributed by atoms with E-state index in [4.69, 9.17) is 16.9 Å². The van der Waals surface area contributed by atoms with E-state index in [1.807, 2.05) is 6.07 Å². The van der Waals surface area contributed by atoms with Crippen LogP contribution < -0.4 is 5.56 Å². The number of aromatic nitrogens is 1. The molecule has 0 atom stereocenters. The van der Waals surface area contributed by atoms with Crippen molar-refractivity contribution in [1.29, 1.82) is 5.26 Å². The molecule has 0 radical (unpaired) electrons. The number of rotatable bonds is 3. The minimum Gasteiger partial charge on any atom is -0.493 e. The molecule has 0 saturated heterocycles. The molecule has 0 amide bonds. The van der Waals surface area contributed by atoms with E-state index in [0.717, 1.165) is 4.57 Å². The molecule has 1 N–H and O–H groups in total. The number of benzene rings is 1. The van der Waals surface area contributed by atoms with Crippen molar-refractivity contribution in [2.24, 2.45) is 10.2 Å². The summed E-state index contributed by atoms with van der Waals surface area (Å²) in [4.78, 5) is 12.0. The summed E-state index contributed by atoms with van der Waals surface area (Å²) in [6.45, 7) is 3.47. The van der Waals surface area contributed by atoms with E-state index in [2.05, 4.69) is 10.2 Å². The van der Waals surface area contributed by atoms with Gasteiger partial charge < -0.3 is 5.11 Å². The Balaban J connectivity index is 2.58. The molecule has 0 fully saturated rings. The van der Waals surface area contributed by atoms with Gasteiger partial charge in [-0.3, -0.25) is 9.36 Å². The molecule has 2 rings (SSSR count). The topological polar surface area (TPSA) is 90.7 Å². The van der Waals surface area contributed by atoms with Crippen molar-refractivity contribution in [2.75, 3.05) is 0 Å². The van der Waals surface area contributed by atoms with Crippen LogP contribution in [0.5, 0.6) is 5.88 Å². The maximum absolute atomic E-state index is 12.0. The van der Waals surface area contributed by atoms with Crippen LogP contribution in [0.15, 0.2) is 39.3 Å². The van der Waals surface area contributed by atoms with Crippen LogP contribution in [0.4, 0.5) is 11.4 Å². The molecule has 0 spiro atoms. The summed E-state index contributed by atoms with van der Waals surface area (Å²) >= 11 is 5.79. The van der Waals surface area contributed by atoms with E-state index < -0.39 is 5.56 Å². The number of nitrogens with zero attached hydrogens (tertiary/aromatic N) is 4. The minimum atomic E-state index is -0.537. The highest BCUT2D eigenvalue weighted by atomic mass is 35.5. The zero-order chi connectivity index (χ0) is 16.3. The number of pyridine rings is 1. The van der Waals surface area contributed by atoms with Crippen molar-refractivity contribution in [3.05, 3.63) is 50.8 Å². The van der Waals surface area contributed by atoms with Crippen LogP contribution in [0.3, 0.4) is 0 Å². The lowest BCUT2D eigenvalue weighted by molar-refractivity contribution is 0.412. The van der Waals surface area contributed by atoms with Gasteiger partial charge in [0, 0.05) is 17.1 Å². The SMILES string of the molecule is CCn1c(O)c(N=Nc2ccc(Cl)cc2)c(C)c(C#N)c1=O. The van der Waals surface area contributed by atoms with E-state index in [-0.39, 0.29) is 23.7 Å². The maximum atomic E-state index is 12.0. The first-order valence-electron chi connectivity index (χ1n) is 6.53. The van der Waals surface area contributed by atoms with Crippen LogP contribution in [-0.2, 0) is 6.54 Å². The van der Waals surface area contributed by atoms with Gasteiger partial charge in [0.1, 0.15) is 11.6 Å². The second-order valence-corrected chi connectivity index (χ2v) is 4.95. The molecular weight excluding hydrogens is 304 g/mol. The second-order valence-electron chi connectivity index (χ2n) is 4.51. The van der Waals surface area contributed by atoms with E-state index in [1.165, 1.54) is 0 Å². The monoisotopic (exact) mass is 316 g/mol. The first-order valence-corrected chi connectivity index (χ1v) is 6.91. The third-order valence-electron chi connectivity index (χ3n) is 3.18. The second kappa shape index (κ2) is 6.41. The molecule has 0 saturated carbocycles. The summed E-state index contributed by atoms with van der Waals surface area (Å²) in [7, 11) is 0. The van der Waals surface area contributed by atoms with Gasteiger partial charge in [-0.15, -0.1) is 5.11 Å². The normalized spacial score (nSPS) is 10.8. The van der Waals surface area contributed by atoms with Crippen LogP contribution in [0, 0.1) is 18.3 Å². The molecule has 0 aliphatic rings. The van der Waals surface area contributed by atoms with Crippen LogP contribution in [0.25, 0.3) is 0 Å². The molecule has 0 unspecified atom stereocenters. The smallest absolute Gasteiger partial charge is 0.271 e. The third-order valence-corrected chi connectivity index (χ3v) is 3.43. The lowest BCUT2D eigenvalue weighted by atomic mass is 10.1. The van der Waals surface area contributed by atoms with Crippen molar-refractivity contribution < 1.29 is 5.11 Å². The number of azo groups is 1. The molecule has 1 heterocycles. The van der Waals surface area contributed by atoms with Gasteiger partial charge in [0.15, 0.2) is 5.69 Å². The van der Waals surface area contributed by atoms with Gasteiger partial charge in [0.2, 0.25) is 5.88 Å². The van der Waals surface area contributed by atoms with Gasteiger partial charge >= 0.3 is 0 Å². The van der Waals surface area contributed by atoms with Crippen LogP contribution >= 0.6 is 11.6 Å². The average molecular weight is 317 g/mol. The predicted octanol–water partition coefficient (Wildman–Crippen LogP) is 3.82. The Labute approximate surface area is 131 Å². The van der Waals surface area contributed by atoms with Gasteiger partial charge in [-0.2, -0.15) is 10.4 Å². The molecule has 1 aromatic heterocycles. The summed E-state index contributed by atoms with van der Waals surface area (Å²) in [6.07, 6.45) is 0. The van der Waals surface area contributed by atoms with Crippen molar-refractivity contribution in [3.8, 4) is 11.9 Å². The summed E-state index contributed by atoms with van der Waals surface area (Å²) in [5.74, 6) is -0.304. The van der Waals surface area contributed by atoms with Crippen molar-refractivity contribution in [1.82, 2.24) is 4.57 Å². The van der Waals surface area contributed by atoms with Gasteiger partial charge in [-0.25, -0.2) is 0 Å². The first-order chi connectivity index (χ1) is 10.5. The van der Waals surface area contributed by atoms with Crippen LogP contribution in [0.1, 0.15) is 18.1 Å². The standard InChI is InChI=1S/C15H13ClN4O2/c1-3-20-14(21)12(8-17)9(2)13(15(20)22)19-18-11-6-4-10(16)5-7-11/h4-7,22H,3H2,1-2H3. The molecule has 0 aliphatic carbocycles. The molecule has 1 aromatic carbocycles. The van der Waals surface area contributed by atoms with Crippen molar-refractivity contribution in [3.63, 3.8) is 0 Å². The Morgan fingerprint density at radius 2 is 1.95 bits per heavy atom. The third kappa shape index (κ3) is 2.85. The summed E-state index contributed by atoms with van der Waals surface area (Å²) in [6, 6.07) is 8.51. The molecule has 7 heteroatoms. The largest absolute Gasteiger partial charge is 0.493 e. The minimum absolute atomic E-state index is 0.0512. The fourth-order valence-electron chi connectivity index (χ4n) is 1.97. The van der Waals surface area contributed by atoms with E-state index in [9.17, 15) is 9.90 Å². The fraction of sp³-hybridized carbons (Fsp3) is 0.200. The zero-order valence-corrected chi connectivity index (χ0v) is 12.8. The molecule has 0 bridgehead atoms. The Morgan fingerprint density at radius 3 is 2.50 bits per heavy atom. The Bertz CT molecular complexity index is 833. The molecule has 2 aromatic rings. The predicted molar refractivity (Wildman–Crippen MR) is 83.1 cm³/mol. The number of nitriles is 1. The highest BCUT2D eigenvalue weighted by Crippen LogP contribution is 2.32. The number of aromatic hydroxyl groups is 1. The molecular formula is C15H13ClN4O2. The highest BCUT2D eigenvalue weighted by molar-refractivity contribution is 6.30. The van der Waals surface area contributed by atoms with Crippen LogP contribution in [0.2, 0.25) is 5.02 Å². The van der Waals surface area contributed by atoms with Gasteiger partial charge in [-0.1, -0.05) is 11.6 Å². The Morgan fingerprint density at radius 1 is 1.32 bits per heavy atom. The van der Waals surface area contributed by atoms with Gasteiger partial charge in [0.25, 0.3) is 5.56 Å². The lowest BCUT2D eigenvalue weighted by Crippen LogP contribution is -2.23. The molecule has 0 aliphatic heterocycles.